The van der Waals surface area contributed by atoms with E-state index in [0.717, 1.165) is 12.2 Å². The van der Waals surface area contributed by atoms with Crippen molar-refractivity contribution in [2.24, 2.45) is 5.41 Å². The second kappa shape index (κ2) is 5.81. The van der Waals surface area contributed by atoms with Gasteiger partial charge in [0.05, 0.1) is 19.8 Å². The van der Waals surface area contributed by atoms with E-state index in [-0.39, 0.29) is 6.61 Å². The van der Waals surface area contributed by atoms with Gasteiger partial charge in [0, 0.05) is 6.08 Å². The second-order valence-corrected chi connectivity index (χ2v) is 2.89. The smallest absolute Gasteiger partial charge is 0.330 e. The zero-order valence-electron chi connectivity index (χ0n) is 8.94. The van der Waals surface area contributed by atoms with Crippen molar-refractivity contribution in [1.29, 1.82) is 5.26 Å². The lowest BCUT2D eigenvalue weighted by molar-refractivity contribution is -0.148. The molecule has 0 saturated carbocycles. The van der Waals surface area contributed by atoms with Crippen LogP contribution in [0, 0.1) is 16.7 Å². The van der Waals surface area contributed by atoms with E-state index in [0.29, 0.717) is 0 Å². The predicted molar refractivity (Wildman–Crippen MR) is 51.5 cm³/mol. The number of nitrogens with zero attached hydrogens (tertiary/aromatic N) is 1. The summed E-state index contributed by atoms with van der Waals surface area (Å²) in [7, 11) is 1.21. The lowest BCUT2D eigenvalue weighted by Crippen LogP contribution is -2.26. The molecule has 0 fully saturated rings. The first-order chi connectivity index (χ1) is 7.00. The Morgan fingerprint density at radius 2 is 2.13 bits per heavy atom. The third kappa shape index (κ3) is 3.81. The molecule has 0 bridgehead atoms. The monoisotopic (exact) mass is 211 g/mol. The molecule has 1 atom stereocenters. The summed E-state index contributed by atoms with van der Waals surface area (Å²) in [6, 6.07) is 1.77. The zero-order chi connectivity index (χ0) is 11.9. The molecule has 0 amide bonds. The van der Waals surface area contributed by atoms with Gasteiger partial charge in [-0.25, -0.2) is 9.59 Å². The fourth-order valence-corrected chi connectivity index (χ4v) is 0.735. The van der Waals surface area contributed by atoms with Gasteiger partial charge in [0.1, 0.15) is 0 Å². The van der Waals surface area contributed by atoms with Crippen molar-refractivity contribution >= 4 is 11.9 Å². The number of hydrogen-bond acceptors (Lipinski definition) is 5. The molecule has 0 spiro atoms. The predicted octanol–water partition coefficient (Wildman–Crippen LogP) is 0.809. The molecule has 1 unspecified atom stereocenters. The minimum atomic E-state index is -1.45. The molecule has 0 radical (unpaired) electrons. The molecule has 82 valence electrons. The average molecular weight is 211 g/mol. The van der Waals surface area contributed by atoms with E-state index in [1.807, 2.05) is 0 Å². The molecule has 0 N–H and O–H groups in total. The molecule has 0 heterocycles. The minimum Gasteiger partial charge on any atom is -0.466 e. The van der Waals surface area contributed by atoms with Crippen LogP contribution >= 0.6 is 0 Å². The highest BCUT2D eigenvalue weighted by Crippen LogP contribution is 2.19. The van der Waals surface area contributed by atoms with Crippen molar-refractivity contribution in [3.63, 3.8) is 0 Å². The molecule has 0 aromatic rings. The van der Waals surface area contributed by atoms with Crippen LogP contribution in [-0.2, 0) is 19.1 Å². The highest BCUT2D eigenvalue weighted by Gasteiger charge is 2.32. The van der Waals surface area contributed by atoms with Gasteiger partial charge in [-0.2, -0.15) is 5.26 Å². The van der Waals surface area contributed by atoms with Crippen LogP contribution in [0.5, 0.6) is 0 Å². The summed E-state index contributed by atoms with van der Waals surface area (Å²) in [6.07, 6.45) is 2.19. The Kier molecular flexibility index (Phi) is 5.10. The SMILES string of the molecule is CCOC(=O)C(C)(C#N)/C=C\C(=O)OC. The Morgan fingerprint density at radius 1 is 1.53 bits per heavy atom. The number of nitriles is 1. The van der Waals surface area contributed by atoms with Gasteiger partial charge in [-0.15, -0.1) is 0 Å². The summed E-state index contributed by atoms with van der Waals surface area (Å²) in [4.78, 5) is 22.1. The molecule has 0 aromatic carbocycles. The van der Waals surface area contributed by atoms with Gasteiger partial charge in [0.25, 0.3) is 0 Å². The van der Waals surface area contributed by atoms with Crippen LogP contribution in [0.1, 0.15) is 13.8 Å². The van der Waals surface area contributed by atoms with Crippen molar-refractivity contribution in [3.8, 4) is 6.07 Å². The Labute approximate surface area is 88.3 Å². The van der Waals surface area contributed by atoms with Crippen molar-refractivity contribution in [1.82, 2.24) is 0 Å². The first-order valence-corrected chi connectivity index (χ1v) is 4.35. The maximum Gasteiger partial charge on any atom is 0.330 e. The molecule has 0 rings (SSSR count). The summed E-state index contributed by atoms with van der Waals surface area (Å²) in [5.41, 5.74) is -1.45. The number of carbonyl (C=O) groups is 2. The van der Waals surface area contributed by atoms with E-state index in [2.05, 4.69) is 4.74 Å². The van der Waals surface area contributed by atoms with Crippen molar-refractivity contribution in [3.05, 3.63) is 12.2 Å². The van der Waals surface area contributed by atoms with Gasteiger partial charge in [0.2, 0.25) is 0 Å². The molecule has 0 saturated heterocycles. The Morgan fingerprint density at radius 3 is 2.53 bits per heavy atom. The van der Waals surface area contributed by atoms with E-state index < -0.39 is 17.4 Å². The first-order valence-electron chi connectivity index (χ1n) is 4.35. The summed E-state index contributed by atoms with van der Waals surface area (Å²) in [5.74, 6) is -1.31. The molecular formula is C10H13NO4. The van der Waals surface area contributed by atoms with Crippen molar-refractivity contribution in [2.75, 3.05) is 13.7 Å². The van der Waals surface area contributed by atoms with Crippen LogP contribution in [0.15, 0.2) is 12.2 Å². The van der Waals surface area contributed by atoms with Gasteiger partial charge < -0.3 is 9.47 Å². The largest absolute Gasteiger partial charge is 0.466 e. The van der Waals surface area contributed by atoms with Crippen LogP contribution in [0.4, 0.5) is 0 Å². The van der Waals surface area contributed by atoms with Gasteiger partial charge >= 0.3 is 11.9 Å². The molecule has 0 aliphatic carbocycles. The third-order valence-electron chi connectivity index (χ3n) is 1.69. The van der Waals surface area contributed by atoms with E-state index in [1.54, 1.807) is 13.0 Å². The number of ether oxygens (including phenoxy) is 2. The molecular weight excluding hydrogens is 198 g/mol. The van der Waals surface area contributed by atoms with E-state index in [4.69, 9.17) is 10.00 Å². The van der Waals surface area contributed by atoms with Crippen molar-refractivity contribution < 1.29 is 19.1 Å². The Balaban J connectivity index is 4.73. The molecule has 15 heavy (non-hydrogen) atoms. The highest BCUT2D eigenvalue weighted by atomic mass is 16.5. The lowest BCUT2D eigenvalue weighted by Gasteiger charge is -2.14. The van der Waals surface area contributed by atoms with Crippen molar-refractivity contribution in [2.45, 2.75) is 13.8 Å². The van der Waals surface area contributed by atoms with Gasteiger partial charge in [0.15, 0.2) is 5.41 Å². The normalized spacial score (nSPS) is 14.0. The maximum atomic E-state index is 11.3. The summed E-state index contributed by atoms with van der Waals surface area (Å²) in [6.45, 7) is 3.19. The Bertz CT molecular complexity index is 316. The molecule has 0 aliphatic rings. The van der Waals surface area contributed by atoms with Crippen LogP contribution < -0.4 is 0 Å². The molecule has 5 heteroatoms. The summed E-state index contributed by atoms with van der Waals surface area (Å²) < 4.78 is 9.04. The second-order valence-electron chi connectivity index (χ2n) is 2.89. The minimum absolute atomic E-state index is 0.183. The van der Waals surface area contributed by atoms with Crippen LogP contribution in [0.3, 0.4) is 0 Å². The number of carbonyl (C=O) groups excluding carboxylic acids is 2. The number of methoxy groups -OCH3 is 1. The summed E-state index contributed by atoms with van der Waals surface area (Å²) >= 11 is 0. The highest BCUT2D eigenvalue weighted by molar-refractivity contribution is 5.86. The molecule has 0 aromatic heterocycles. The van der Waals surface area contributed by atoms with Crippen LogP contribution in [-0.4, -0.2) is 25.7 Å². The van der Waals surface area contributed by atoms with Gasteiger partial charge in [-0.05, 0) is 19.9 Å². The topological polar surface area (TPSA) is 76.4 Å². The maximum absolute atomic E-state index is 11.3. The lowest BCUT2D eigenvalue weighted by atomic mass is 9.92. The van der Waals surface area contributed by atoms with E-state index >= 15 is 0 Å². The van der Waals surface area contributed by atoms with Gasteiger partial charge in [-0.1, -0.05) is 0 Å². The van der Waals surface area contributed by atoms with Gasteiger partial charge in [-0.3, -0.25) is 0 Å². The fourth-order valence-electron chi connectivity index (χ4n) is 0.735. The van der Waals surface area contributed by atoms with E-state index in [9.17, 15) is 9.59 Å². The summed E-state index contributed by atoms with van der Waals surface area (Å²) in [5, 5.41) is 8.81. The molecule has 5 nitrogen and oxygen atoms in total. The number of esters is 2. The first kappa shape index (κ1) is 13.2. The Hall–Kier alpha value is -1.83. The molecule has 0 aliphatic heterocycles. The number of rotatable bonds is 4. The van der Waals surface area contributed by atoms with E-state index in [1.165, 1.54) is 14.0 Å². The quantitative estimate of drug-likeness (QED) is 0.508. The zero-order valence-corrected chi connectivity index (χ0v) is 8.94. The van der Waals surface area contributed by atoms with Crippen LogP contribution in [0.2, 0.25) is 0 Å². The fraction of sp³-hybridized carbons (Fsp3) is 0.500. The average Bonchev–Trinajstić information content (AvgIpc) is 2.25. The van der Waals surface area contributed by atoms with Crippen LogP contribution in [0.25, 0.3) is 0 Å². The third-order valence-corrected chi connectivity index (χ3v) is 1.69. The number of hydrogen-bond donors (Lipinski definition) is 0. The standard InChI is InChI=1S/C10H13NO4/c1-4-15-9(13)10(2,7-11)6-5-8(12)14-3/h5-6H,4H2,1-3H3/b6-5-.